The van der Waals surface area contributed by atoms with Gasteiger partial charge in [-0.25, -0.2) is 0 Å². The number of thioether (sulfide) groups is 1. The fourth-order valence-electron chi connectivity index (χ4n) is 3.08. The standard InChI is InChI=1S/C11H16N2OS/c1-6-10(14)13-11(15-6)12-9-5-7-2-3-8(9)4-7/h6-9H,2-5H2,1H3,(H,12,13,14)/t6?,7-,8-,9-/m0/s1. The molecule has 2 aliphatic carbocycles. The highest BCUT2D eigenvalue weighted by Crippen LogP contribution is 2.44. The van der Waals surface area contributed by atoms with Crippen molar-refractivity contribution in [3.05, 3.63) is 0 Å². The number of nitrogens with one attached hydrogen (secondary N) is 1. The highest BCUT2D eigenvalue weighted by atomic mass is 32.2. The number of carbonyl (C=O) groups excluding carboxylic acids is 1. The third-order valence-electron chi connectivity index (χ3n) is 3.89. The summed E-state index contributed by atoms with van der Waals surface area (Å²) in [5.41, 5.74) is 0. The van der Waals surface area contributed by atoms with Gasteiger partial charge in [-0.15, -0.1) is 0 Å². The van der Waals surface area contributed by atoms with Gasteiger partial charge in [0.1, 0.15) is 0 Å². The Morgan fingerprint density at radius 1 is 1.40 bits per heavy atom. The summed E-state index contributed by atoms with van der Waals surface area (Å²) in [6.07, 6.45) is 5.45. The molecule has 2 fully saturated rings. The molecule has 3 rings (SSSR count). The van der Waals surface area contributed by atoms with Gasteiger partial charge < -0.3 is 5.32 Å². The molecule has 1 N–H and O–H groups in total. The lowest BCUT2D eigenvalue weighted by Gasteiger charge is -2.23. The maximum atomic E-state index is 11.3. The first-order valence-electron chi connectivity index (χ1n) is 5.78. The Bertz CT molecular complexity index is 329. The molecule has 0 aromatic rings. The van der Waals surface area contributed by atoms with Crippen LogP contribution >= 0.6 is 11.8 Å². The van der Waals surface area contributed by atoms with E-state index in [-0.39, 0.29) is 11.2 Å². The van der Waals surface area contributed by atoms with Gasteiger partial charge in [-0.2, -0.15) is 4.99 Å². The number of aliphatic imine (C=N–C) groups is 1. The van der Waals surface area contributed by atoms with E-state index in [4.69, 9.17) is 0 Å². The lowest BCUT2D eigenvalue weighted by atomic mass is 9.96. The van der Waals surface area contributed by atoms with Crippen LogP contribution in [0.3, 0.4) is 0 Å². The zero-order valence-corrected chi connectivity index (χ0v) is 9.72. The largest absolute Gasteiger partial charge is 0.361 e. The third-order valence-corrected chi connectivity index (χ3v) is 4.88. The molecule has 4 heteroatoms. The van der Waals surface area contributed by atoms with Gasteiger partial charge >= 0.3 is 0 Å². The van der Waals surface area contributed by atoms with Crippen LogP contribution in [0.5, 0.6) is 0 Å². The van der Waals surface area contributed by atoms with Crippen molar-refractivity contribution in [2.75, 3.05) is 0 Å². The van der Waals surface area contributed by atoms with Crippen LogP contribution < -0.4 is 5.32 Å². The summed E-state index contributed by atoms with van der Waals surface area (Å²) < 4.78 is 0. The van der Waals surface area contributed by atoms with Crippen molar-refractivity contribution in [1.29, 1.82) is 0 Å². The number of hydrogen-bond donors (Lipinski definition) is 1. The molecular weight excluding hydrogens is 208 g/mol. The lowest BCUT2D eigenvalue weighted by molar-refractivity contribution is -0.116. The molecule has 0 spiro atoms. The van der Waals surface area contributed by atoms with E-state index in [2.05, 4.69) is 10.3 Å². The molecule has 3 nitrogen and oxygen atoms in total. The number of carbonyl (C=O) groups is 1. The van der Waals surface area contributed by atoms with Crippen LogP contribution in [0.2, 0.25) is 0 Å². The van der Waals surface area contributed by atoms with Crippen LogP contribution in [0.25, 0.3) is 0 Å². The number of nitrogens with zero attached hydrogens (tertiary/aromatic N) is 1. The molecule has 0 aromatic heterocycles. The molecular formula is C11H16N2OS. The number of hydrogen-bond acceptors (Lipinski definition) is 3. The molecule has 2 saturated carbocycles. The minimum absolute atomic E-state index is 0.0191. The molecule has 1 aliphatic heterocycles. The number of rotatable bonds is 1. The molecule has 3 aliphatic rings. The average molecular weight is 224 g/mol. The smallest absolute Gasteiger partial charge is 0.261 e. The SMILES string of the molecule is CC1SC(N[C@H]2C[C@H]3CC[C@H]2C3)=NC1=O. The quantitative estimate of drug-likeness (QED) is 0.738. The second-order valence-corrected chi connectivity index (χ2v) is 6.27. The minimum Gasteiger partial charge on any atom is -0.361 e. The van der Waals surface area contributed by atoms with E-state index in [1.165, 1.54) is 25.7 Å². The fraction of sp³-hybridized carbons (Fsp3) is 0.818. The van der Waals surface area contributed by atoms with Crippen molar-refractivity contribution in [2.24, 2.45) is 16.8 Å². The molecule has 0 radical (unpaired) electrons. The summed E-state index contributed by atoms with van der Waals surface area (Å²) in [6, 6.07) is 0.591. The van der Waals surface area contributed by atoms with E-state index in [1.807, 2.05) is 6.92 Å². The van der Waals surface area contributed by atoms with Gasteiger partial charge in [0.25, 0.3) is 5.91 Å². The molecule has 0 saturated heterocycles. The predicted octanol–water partition coefficient (Wildman–Crippen LogP) is 1.78. The summed E-state index contributed by atoms with van der Waals surface area (Å²) in [6.45, 7) is 1.92. The highest BCUT2D eigenvalue weighted by Gasteiger charge is 2.40. The first kappa shape index (κ1) is 9.70. The minimum atomic E-state index is 0.0191. The Morgan fingerprint density at radius 3 is 2.80 bits per heavy atom. The van der Waals surface area contributed by atoms with E-state index in [1.54, 1.807) is 11.8 Å². The second-order valence-electron chi connectivity index (χ2n) is 4.94. The van der Waals surface area contributed by atoms with Gasteiger partial charge in [-0.3, -0.25) is 4.79 Å². The van der Waals surface area contributed by atoms with Crippen LogP contribution in [-0.4, -0.2) is 22.4 Å². The number of fused-ring (bicyclic) bond motifs is 2. The monoisotopic (exact) mass is 224 g/mol. The Kier molecular flexibility index (Phi) is 2.27. The molecule has 1 unspecified atom stereocenters. The molecule has 2 bridgehead atoms. The zero-order chi connectivity index (χ0) is 10.4. The Hall–Kier alpha value is -0.510. The van der Waals surface area contributed by atoms with E-state index < -0.39 is 0 Å². The van der Waals surface area contributed by atoms with Crippen molar-refractivity contribution in [3.8, 4) is 0 Å². The molecule has 82 valence electrons. The Labute approximate surface area is 94.1 Å². The Balaban J connectivity index is 1.63. The number of amidine groups is 1. The van der Waals surface area contributed by atoms with Crippen LogP contribution in [-0.2, 0) is 4.79 Å². The van der Waals surface area contributed by atoms with E-state index in [0.29, 0.717) is 6.04 Å². The molecule has 0 aromatic carbocycles. The summed E-state index contributed by atoms with van der Waals surface area (Å²) in [5.74, 6) is 1.79. The van der Waals surface area contributed by atoms with Gasteiger partial charge in [0.2, 0.25) is 0 Å². The van der Waals surface area contributed by atoms with Crippen LogP contribution in [0.4, 0.5) is 0 Å². The summed E-state index contributed by atoms with van der Waals surface area (Å²) in [4.78, 5) is 15.3. The van der Waals surface area contributed by atoms with Gasteiger partial charge in [0, 0.05) is 6.04 Å². The predicted molar refractivity (Wildman–Crippen MR) is 61.9 cm³/mol. The van der Waals surface area contributed by atoms with Crippen molar-refractivity contribution in [2.45, 2.75) is 43.9 Å². The van der Waals surface area contributed by atoms with Gasteiger partial charge in [-0.05, 0) is 38.0 Å². The first-order chi connectivity index (χ1) is 7.22. The van der Waals surface area contributed by atoms with Crippen molar-refractivity contribution in [3.63, 3.8) is 0 Å². The Morgan fingerprint density at radius 2 is 2.27 bits per heavy atom. The topological polar surface area (TPSA) is 41.5 Å². The van der Waals surface area contributed by atoms with Crippen LogP contribution in [0, 0.1) is 11.8 Å². The van der Waals surface area contributed by atoms with Gasteiger partial charge in [-0.1, -0.05) is 18.2 Å². The van der Waals surface area contributed by atoms with Gasteiger partial charge in [0.05, 0.1) is 5.25 Å². The summed E-state index contributed by atoms with van der Waals surface area (Å²) >= 11 is 1.58. The lowest BCUT2D eigenvalue weighted by Crippen LogP contribution is -2.36. The summed E-state index contributed by atoms with van der Waals surface area (Å²) in [5, 5.41) is 4.35. The first-order valence-corrected chi connectivity index (χ1v) is 6.66. The van der Waals surface area contributed by atoms with Crippen molar-refractivity contribution >= 4 is 22.8 Å². The van der Waals surface area contributed by atoms with Gasteiger partial charge in [0.15, 0.2) is 5.17 Å². The summed E-state index contributed by atoms with van der Waals surface area (Å²) in [7, 11) is 0. The van der Waals surface area contributed by atoms with Crippen LogP contribution in [0.1, 0.15) is 32.6 Å². The molecule has 1 heterocycles. The zero-order valence-electron chi connectivity index (χ0n) is 8.90. The van der Waals surface area contributed by atoms with E-state index in [9.17, 15) is 4.79 Å². The van der Waals surface area contributed by atoms with E-state index in [0.717, 1.165) is 17.0 Å². The van der Waals surface area contributed by atoms with Crippen molar-refractivity contribution < 1.29 is 4.79 Å². The van der Waals surface area contributed by atoms with Crippen LogP contribution in [0.15, 0.2) is 4.99 Å². The number of amides is 1. The normalized spacial score (nSPS) is 43.5. The molecule has 4 atom stereocenters. The second kappa shape index (κ2) is 3.51. The van der Waals surface area contributed by atoms with Crippen molar-refractivity contribution in [1.82, 2.24) is 5.32 Å². The fourth-order valence-corrected chi connectivity index (χ4v) is 3.93. The molecule has 15 heavy (non-hydrogen) atoms. The van der Waals surface area contributed by atoms with E-state index >= 15 is 0 Å². The highest BCUT2D eigenvalue weighted by molar-refractivity contribution is 8.15. The molecule has 1 amide bonds. The third kappa shape index (κ3) is 1.69. The maximum Gasteiger partial charge on any atom is 0.261 e. The maximum absolute atomic E-state index is 11.3. The average Bonchev–Trinajstić information content (AvgIpc) is 2.84.